The van der Waals surface area contributed by atoms with Crippen LogP contribution in [0, 0.1) is 12.7 Å². The van der Waals surface area contributed by atoms with Crippen LogP contribution in [0.3, 0.4) is 0 Å². The third-order valence-electron chi connectivity index (χ3n) is 4.60. The molecule has 0 aliphatic carbocycles. The molecule has 0 aliphatic heterocycles. The summed E-state index contributed by atoms with van der Waals surface area (Å²) in [6, 6.07) is 11.7. The van der Waals surface area contributed by atoms with Gasteiger partial charge in [-0.1, -0.05) is 30.0 Å². The quantitative estimate of drug-likeness (QED) is 0.485. The number of rotatable bonds is 9. The maximum atomic E-state index is 13.4. The number of carbonyl (C=O) groups excluding carboxylic acids is 1. The number of benzene rings is 2. The fraction of sp³-hybridized carbons (Fsp3) is 0.318. The lowest BCUT2D eigenvalue weighted by molar-refractivity contribution is -0.113. The molecule has 1 N–H and O–H groups in total. The largest absolute Gasteiger partial charge is 0.493 e. The van der Waals surface area contributed by atoms with Crippen molar-refractivity contribution in [3.63, 3.8) is 0 Å². The molecule has 2 aromatic carbocycles. The van der Waals surface area contributed by atoms with Crippen molar-refractivity contribution >= 4 is 23.4 Å². The van der Waals surface area contributed by atoms with Gasteiger partial charge in [0, 0.05) is 12.2 Å². The minimum atomic E-state index is -0.395. The van der Waals surface area contributed by atoms with Crippen molar-refractivity contribution in [1.82, 2.24) is 14.8 Å². The standard InChI is InChI=1S/C22H25FN4O3S/c1-5-27-21(15(3)30-19-9-7-6-8-18(19)29-4)25-26-22(27)31-13-20(28)24-17-12-16(23)11-10-14(17)2/h6-12,15H,5,13H2,1-4H3,(H,24,28). The number of aryl methyl sites for hydroxylation is 1. The lowest BCUT2D eigenvalue weighted by Gasteiger charge is -2.17. The Morgan fingerprint density at radius 3 is 2.68 bits per heavy atom. The molecule has 0 saturated heterocycles. The van der Waals surface area contributed by atoms with Crippen LogP contribution in [0.1, 0.15) is 31.3 Å². The molecule has 0 saturated carbocycles. The lowest BCUT2D eigenvalue weighted by atomic mass is 10.2. The number of nitrogens with zero attached hydrogens (tertiary/aromatic N) is 3. The summed E-state index contributed by atoms with van der Waals surface area (Å²) in [6.45, 7) is 6.29. The van der Waals surface area contributed by atoms with Gasteiger partial charge in [0.05, 0.1) is 12.9 Å². The van der Waals surface area contributed by atoms with Gasteiger partial charge in [-0.3, -0.25) is 4.79 Å². The Kier molecular flexibility index (Phi) is 7.51. The maximum absolute atomic E-state index is 13.4. The predicted octanol–water partition coefficient (Wildman–Crippen LogP) is 4.62. The average molecular weight is 445 g/mol. The minimum Gasteiger partial charge on any atom is -0.493 e. The summed E-state index contributed by atoms with van der Waals surface area (Å²) in [5.41, 5.74) is 1.25. The molecule has 0 spiro atoms. The minimum absolute atomic E-state index is 0.121. The Labute approximate surface area is 185 Å². The van der Waals surface area contributed by atoms with E-state index in [4.69, 9.17) is 9.47 Å². The molecule has 0 bridgehead atoms. The highest BCUT2D eigenvalue weighted by atomic mass is 32.2. The van der Waals surface area contributed by atoms with Gasteiger partial charge in [-0.25, -0.2) is 4.39 Å². The van der Waals surface area contributed by atoms with E-state index >= 15 is 0 Å². The van der Waals surface area contributed by atoms with E-state index in [1.807, 2.05) is 49.6 Å². The zero-order valence-electron chi connectivity index (χ0n) is 17.9. The highest BCUT2D eigenvalue weighted by Gasteiger charge is 2.20. The zero-order valence-corrected chi connectivity index (χ0v) is 18.7. The Hall–Kier alpha value is -3.07. The molecule has 31 heavy (non-hydrogen) atoms. The molecule has 0 aliphatic rings. The third-order valence-corrected chi connectivity index (χ3v) is 5.57. The van der Waals surface area contributed by atoms with E-state index in [2.05, 4.69) is 15.5 Å². The molecule has 1 amide bonds. The highest BCUT2D eigenvalue weighted by molar-refractivity contribution is 7.99. The monoisotopic (exact) mass is 444 g/mol. The molecule has 0 radical (unpaired) electrons. The maximum Gasteiger partial charge on any atom is 0.234 e. The molecule has 1 atom stereocenters. The molecule has 7 nitrogen and oxygen atoms in total. The number of hydrogen-bond donors (Lipinski definition) is 1. The second-order valence-electron chi connectivity index (χ2n) is 6.79. The van der Waals surface area contributed by atoms with Gasteiger partial charge >= 0.3 is 0 Å². The van der Waals surface area contributed by atoms with Crippen LogP contribution in [0.15, 0.2) is 47.6 Å². The van der Waals surface area contributed by atoms with Crippen LogP contribution in [-0.4, -0.2) is 33.5 Å². The van der Waals surface area contributed by atoms with E-state index in [1.165, 1.54) is 23.9 Å². The van der Waals surface area contributed by atoms with Crippen molar-refractivity contribution in [2.75, 3.05) is 18.2 Å². The van der Waals surface area contributed by atoms with Crippen LogP contribution < -0.4 is 14.8 Å². The molecule has 9 heteroatoms. The van der Waals surface area contributed by atoms with Gasteiger partial charge in [-0.2, -0.15) is 0 Å². The number of carbonyl (C=O) groups is 1. The first kappa shape index (κ1) is 22.6. The van der Waals surface area contributed by atoms with Gasteiger partial charge in [-0.05, 0) is 50.6 Å². The zero-order chi connectivity index (χ0) is 22.4. The second kappa shape index (κ2) is 10.3. The number of aromatic nitrogens is 3. The van der Waals surface area contributed by atoms with E-state index < -0.39 is 5.82 Å². The van der Waals surface area contributed by atoms with E-state index in [0.29, 0.717) is 34.7 Å². The molecular formula is C22H25FN4O3S. The molecule has 1 aromatic heterocycles. The van der Waals surface area contributed by atoms with Gasteiger partial charge in [0.2, 0.25) is 5.91 Å². The van der Waals surface area contributed by atoms with Crippen LogP contribution >= 0.6 is 11.8 Å². The average Bonchev–Trinajstić information content (AvgIpc) is 3.18. The smallest absolute Gasteiger partial charge is 0.234 e. The number of nitrogens with one attached hydrogen (secondary N) is 1. The molecule has 164 valence electrons. The first-order valence-electron chi connectivity index (χ1n) is 9.84. The van der Waals surface area contributed by atoms with Gasteiger partial charge in [0.25, 0.3) is 0 Å². The van der Waals surface area contributed by atoms with Crippen LogP contribution in [0.5, 0.6) is 11.5 Å². The molecule has 0 fully saturated rings. The number of ether oxygens (including phenoxy) is 2. The van der Waals surface area contributed by atoms with Gasteiger partial charge in [0.15, 0.2) is 28.6 Å². The lowest BCUT2D eigenvalue weighted by Crippen LogP contribution is -2.16. The second-order valence-corrected chi connectivity index (χ2v) is 7.73. The summed E-state index contributed by atoms with van der Waals surface area (Å²) < 4.78 is 26.7. The number of anilines is 1. The molecule has 3 rings (SSSR count). The fourth-order valence-corrected chi connectivity index (χ4v) is 3.82. The predicted molar refractivity (Wildman–Crippen MR) is 118 cm³/mol. The Balaban J connectivity index is 1.66. The van der Waals surface area contributed by atoms with E-state index in [-0.39, 0.29) is 17.8 Å². The number of thioether (sulfide) groups is 1. The van der Waals surface area contributed by atoms with Crippen LogP contribution in [0.25, 0.3) is 0 Å². The Morgan fingerprint density at radius 2 is 1.97 bits per heavy atom. The van der Waals surface area contributed by atoms with Crippen molar-refractivity contribution in [1.29, 1.82) is 0 Å². The molecular weight excluding hydrogens is 419 g/mol. The van der Waals surface area contributed by atoms with Crippen molar-refractivity contribution in [2.24, 2.45) is 0 Å². The fourth-order valence-electron chi connectivity index (χ4n) is 3.01. The molecule has 3 aromatic rings. The van der Waals surface area contributed by atoms with Crippen LogP contribution in [0.4, 0.5) is 10.1 Å². The normalized spacial score (nSPS) is 11.8. The van der Waals surface area contributed by atoms with Crippen LogP contribution in [-0.2, 0) is 11.3 Å². The summed E-state index contributed by atoms with van der Waals surface area (Å²) >= 11 is 1.26. The highest BCUT2D eigenvalue weighted by Crippen LogP contribution is 2.31. The SMILES string of the molecule is CCn1c(SCC(=O)Nc2cc(F)ccc2C)nnc1C(C)Oc1ccccc1OC. The number of amides is 1. The van der Waals surface area contributed by atoms with Crippen LogP contribution in [0.2, 0.25) is 0 Å². The number of halogens is 1. The van der Waals surface area contributed by atoms with E-state index in [0.717, 1.165) is 5.56 Å². The first-order valence-corrected chi connectivity index (χ1v) is 10.8. The van der Waals surface area contributed by atoms with Gasteiger partial charge < -0.3 is 19.4 Å². The Morgan fingerprint density at radius 1 is 1.23 bits per heavy atom. The van der Waals surface area contributed by atoms with Crippen molar-refractivity contribution in [2.45, 2.75) is 38.6 Å². The summed E-state index contributed by atoms with van der Waals surface area (Å²) in [5, 5.41) is 11.8. The number of para-hydroxylation sites is 2. The summed E-state index contributed by atoms with van der Waals surface area (Å²) in [5.74, 6) is 1.38. The summed E-state index contributed by atoms with van der Waals surface area (Å²) in [4.78, 5) is 12.4. The van der Waals surface area contributed by atoms with Crippen molar-refractivity contribution < 1.29 is 18.7 Å². The number of hydrogen-bond acceptors (Lipinski definition) is 6. The van der Waals surface area contributed by atoms with Gasteiger partial charge in [-0.15, -0.1) is 10.2 Å². The topological polar surface area (TPSA) is 78.3 Å². The third kappa shape index (κ3) is 5.55. The van der Waals surface area contributed by atoms with Crippen molar-refractivity contribution in [3.05, 3.63) is 59.7 Å². The first-order chi connectivity index (χ1) is 14.9. The van der Waals surface area contributed by atoms with Gasteiger partial charge in [0.1, 0.15) is 5.82 Å². The summed E-state index contributed by atoms with van der Waals surface area (Å²) in [7, 11) is 1.59. The Bertz CT molecular complexity index is 1060. The van der Waals surface area contributed by atoms with E-state index in [9.17, 15) is 9.18 Å². The summed E-state index contributed by atoms with van der Waals surface area (Å²) in [6.07, 6.45) is -0.373. The number of methoxy groups -OCH3 is 1. The molecule has 1 unspecified atom stereocenters. The molecule has 1 heterocycles. The van der Waals surface area contributed by atoms with E-state index in [1.54, 1.807) is 13.2 Å². The van der Waals surface area contributed by atoms with Crippen molar-refractivity contribution in [3.8, 4) is 11.5 Å².